The average molecular weight is 724 g/mol. The number of nitrogens with one attached hydrogen (secondary N) is 2. The molecule has 2 saturated heterocycles. The van der Waals surface area contributed by atoms with Crippen LogP contribution in [0.1, 0.15) is 84.2 Å². The lowest BCUT2D eigenvalue weighted by atomic mass is 9.87. The van der Waals surface area contributed by atoms with Crippen LogP contribution in [0.3, 0.4) is 0 Å². The summed E-state index contributed by atoms with van der Waals surface area (Å²) in [7, 11) is 6.24. The highest BCUT2D eigenvalue weighted by molar-refractivity contribution is 5.99. The number of imidazole rings is 1. The molecule has 11 nitrogen and oxygen atoms in total. The highest BCUT2D eigenvalue weighted by atomic mass is 16.5. The monoisotopic (exact) mass is 723 g/mol. The van der Waals surface area contributed by atoms with E-state index in [9.17, 15) is 14.4 Å². The first-order valence-corrected chi connectivity index (χ1v) is 19.5. The number of aromatic nitrogens is 3. The molecule has 4 heterocycles. The summed E-state index contributed by atoms with van der Waals surface area (Å²) in [6, 6.07) is 14.0. The number of likely N-dealkylation sites (N-methyl/N-ethyl adjacent to an activating group) is 1. The summed E-state index contributed by atoms with van der Waals surface area (Å²) in [5.41, 5.74) is 8.34. The van der Waals surface area contributed by atoms with Crippen molar-refractivity contribution in [2.75, 3.05) is 51.8 Å². The molecule has 0 atom stereocenters. The van der Waals surface area contributed by atoms with Gasteiger partial charge >= 0.3 is 5.69 Å². The van der Waals surface area contributed by atoms with Crippen molar-refractivity contribution >= 4 is 22.6 Å². The smallest absolute Gasteiger partial charge is 0.329 e. The predicted molar refractivity (Wildman–Crippen MR) is 212 cm³/mol. The molecule has 53 heavy (non-hydrogen) atoms. The molecule has 1 amide bonds. The second-order valence-corrected chi connectivity index (χ2v) is 15.8. The lowest BCUT2D eigenvalue weighted by Gasteiger charge is -2.45. The van der Waals surface area contributed by atoms with Gasteiger partial charge in [0.1, 0.15) is 0 Å². The number of carbonyl (C=O) groups is 1. The molecule has 0 bridgehead atoms. The minimum atomic E-state index is -0.212. The molecule has 0 spiro atoms. The fourth-order valence-corrected chi connectivity index (χ4v) is 9.07. The van der Waals surface area contributed by atoms with Gasteiger partial charge in [-0.2, -0.15) is 0 Å². The van der Waals surface area contributed by atoms with Crippen LogP contribution in [0.25, 0.3) is 22.2 Å². The van der Waals surface area contributed by atoms with E-state index in [1.807, 2.05) is 44.5 Å². The van der Waals surface area contributed by atoms with Crippen LogP contribution in [0, 0.1) is 20.8 Å². The van der Waals surface area contributed by atoms with E-state index >= 15 is 0 Å². The van der Waals surface area contributed by atoms with Gasteiger partial charge in [-0.05, 0) is 146 Å². The molecule has 1 saturated carbocycles. The summed E-state index contributed by atoms with van der Waals surface area (Å²) < 4.78 is 9.24. The summed E-state index contributed by atoms with van der Waals surface area (Å²) in [6.07, 6.45) is 6.31. The Labute approximate surface area is 312 Å². The molecule has 2 N–H and O–H groups in total. The lowest BCUT2D eigenvalue weighted by Crippen LogP contribution is -2.53. The second kappa shape index (κ2) is 15.3. The van der Waals surface area contributed by atoms with E-state index in [1.165, 1.54) is 0 Å². The number of anilines is 1. The SMILES string of the molecule is CCN(c1cc(-c2ccc3c(c2)n(C)c(=O)n3C2CCN(C)CC2)cc(C(=O)NCc2c(C)cc(C)[nH]c2=O)c1C)C1CCC(N(C)C2COC2)CC1. The molecule has 0 radical (unpaired) electrons. The Bertz CT molecular complexity index is 2090. The van der Waals surface area contributed by atoms with Gasteiger partial charge in [0, 0.05) is 60.8 Å². The Morgan fingerprint density at radius 2 is 1.58 bits per heavy atom. The van der Waals surface area contributed by atoms with Gasteiger partial charge in [0.15, 0.2) is 0 Å². The maximum atomic E-state index is 14.2. The van der Waals surface area contributed by atoms with Gasteiger partial charge in [-0.1, -0.05) is 6.07 Å². The number of likely N-dealkylation sites (tertiary alicyclic amines) is 1. The van der Waals surface area contributed by atoms with E-state index in [0.29, 0.717) is 29.3 Å². The average Bonchev–Trinajstić information content (AvgIpc) is 3.36. The minimum absolute atomic E-state index is 0.0148. The molecular weight excluding hydrogens is 667 g/mol. The van der Waals surface area contributed by atoms with Gasteiger partial charge < -0.3 is 24.8 Å². The van der Waals surface area contributed by atoms with Crippen molar-refractivity contribution in [1.82, 2.24) is 29.2 Å². The van der Waals surface area contributed by atoms with Gasteiger partial charge in [0.2, 0.25) is 0 Å². The van der Waals surface area contributed by atoms with Gasteiger partial charge in [-0.25, -0.2) is 4.79 Å². The Morgan fingerprint density at radius 3 is 2.23 bits per heavy atom. The van der Waals surface area contributed by atoms with E-state index in [2.05, 4.69) is 70.3 Å². The third-order valence-corrected chi connectivity index (χ3v) is 12.5. The predicted octanol–water partition coefficient (Wildman–Crippen LogP) is 5.29. The van der Waals surface area contributed by atoms with Crippen LogP contribution in [-0.2, 0) is 18.3 Å². The molecule has 3 aliphatic rings. The van der Waals surface area contributed by atoms with Crippen molar-refractivity contribution in [2.45, 2.75) is 96.9 Å². The highest BCUT2D eigenvalue weighted by Crippen LogP contribution is 2.37. The number of H-pyrrole nitrogens is 1. The lowest BCUT2D eigenvalue weighted by molar-refractivity contribution is -0.0738. The van der Waals surface area contributed by atoms with Crippen LogP contribution in [0.2, 0.25) is 0 Å². The Hall–Kier alpha value is -4.19. The number of fused-ring (bicyclic) bond motifs is 1. The maximum Gasteiger partial charge on any atom is 0.329 e. The van der Waals surface area contributed by atoms with Crippen LogP contribution in [0.4, 0.5) is 5.69 Å². The molecule has 11 heteroatoms. The Kier molecular flexibility index (Phi) is 10.7. The molecule has 284 valence electrons. The zero-order valence-electron chi connectivity index (χ0n) is 32.6. The number of rotatable bonds is 10. The molecule has 0 unspecified atom stereocenters. The van der Waals surface area contributed by atoms with Gasteiger partial charge in [-0.15, -0.1) is 0 Å². The first kappa shape index (κ1) is 37.1. The largest absolute Gasteiger partial charge is 0.378 e. The van der Waals surface area contributed by atoms with Gasteiger partial charge in [0.25, 0.3) is 11.5 Å². The normalized spacial score (nSPS) is 20.2. The van der Waals surface area contributed by atoms with Crippen molar-refractivity contribution in [3.05, 3.63) is 85.2 Å². The summed E-state index contributed by atoms with van der Waals surface area (Å²) in [6.45, 7) is 12.6. The number of hydrogen-bond acceptors (Lipinski definition) is 7. The third kappa shape index (κ3) is 7.23. The van der Waals surface area contributed by atoms with Gasteiger partial charge in [-0.3, -0.25) is 23.6 Å². The van der Waals surface area contributed by atoms with Crippen LogP contribution < -0.4 is 21.5 Å². The zero-order valence-corrected chi connectivity index (χ0v) is 32.6. The van der Waals surface area contributed by atoms with E-state index in [4.69, 9.17) is 4.74 Å². The quantitative estimate of drug-likeness (QED) is 0.229. The number of ether oxygens (including phenoxy) is 1. The first-order chi connectivity index (χ1) is 25.4. The summed E-state index contributed by atoms with van der Waals surface area (Å²) in [5.74, 6) is -0.212. The minimum Gasteiger partial charge on any atom is -0.378 e. The zero-order chi connectivity index (χ0) is 37.6. The number of nitrogens with zero attached hydrogens (tertiary/aromatic N) is 5. The van der Waals surface area contributed by atoms with Crippen molar-refractivity contribution in [2.24, 2.45) is 7.05 Å². The van der Waals surface area contributed by atoms with E-state index < -0.39 is 0 Å². The van der Waals surface area contributed by atoms with E-state index in [1.54, 1.807) is 4.57 Å². The van der Waals surface area contributed by atoms with Crippen LogP contribution in [0.15, 0.2) is 46.0 Å². The fourth-order valence-electron chi connectivity index (χ4n) is 9.07. The molecule has 4 aromatic rings. The number of hydrogen-bond donors (Lipinski definition) is 2. The molecule has 1 aliphatic carbocycles. The Balaban J connectivity index is 1.25. The van der Waals surface area contributed by atoms with Crippen molar-refractivity contribution in [1.29, 1.82) is 0 Å². The number of amides is 1. The first-order valence-electron chi connectivity index (χ1n) is 19.5. The number of aryl methyl sites for hydroxylation is 3. The number of pyridine rings is 1. The molecule has 2 aromatic carbocycles. The molecule has 3 fully saturated rings. The number of benzene rings is 2. The molecule has 2 aromatic heterocycles. The van der Waals surface area contributed by atoms with Crippen molar-refractivity contribution in [3.63, 3.8) is 0 Å². The van der Waals surface area contributed by atoms with E-state index in [0.717, 1.165) is 116 Å². The summed E-state index contributed by atoms with van der Waals surface area (Å²) >= 11 is 0. The molecular formula is C42H57N7O4. The fraction of sp³-hybridized carbons (Fsp3) is 0.548. The summed E-state index contributed by atoms with van der Waals surface area (Å²) in [4.78, 5) is 50.9. The second-order valence-electron chi connectivity index (χ2n) is 15.8. The molecule has 2 aliphatic heterocycles. The Morgan fingerprint density at radius 1 is 0.887 bits per heavy atom. The standard InChI is InChI=1S/C42H57N7O4/c1-8-48(32-12-10-31(11-13-32)46(6)34-24-53-25-34)38-22-30(20-35(28(38)4)40(50)43-23-36-26(2)19-27(3)44-41(36)51)29-9-14-37-39(21-29)47(7)42(52)49(37)33-15-17-45(5)18-16-33/h9,14,19-22,31-34H,8,10-13,15-18,23-25H2,1-7H3,(H,43,50)(H,44,51). The van der Waals surface area contributed by atoms with Crippen LogP contribution in [0.5, 0.6) is 0 Å². The number of piperidine rings is 1. The third-order valence-electron chi connectivity index (χ3n) is 12.5. The number of carbonyl (C=O) groups excluding carboxylic acids is 1. The van der Waals surface area contributed by atoms with Crippen molar-refractivity contribution < 1.29 is 9.53 Å². The summed E-state index contributed by atoms with van der Waals surface area (Å²) in [5, 5.41) is 3.08. The maximum absolute atomic E-state index is 14.2. The number of aromatic amines is 1. The molecule has 7 rings (SSSR count). The topological polar surface area (TPSA) is 108 Å². The van der Waals surface area contributed by atoms with E-state index in [-0.39, 0.29) is 29.7 Å². The highest BCUT2D eigenvalue weighted by Gasteiger charge is 2.34. The van der Waals surface area contributed by atoms with Gasteiger partial charge in [0.05, 0.1) is 30.3 Å². The van der Waals surface area contributed by atoms with Crippen LogP contribution in [-0.4, -0.2) is 94.9 Å². The van der Waals surface area contributed by atoms with Crippen LogP contribution >= 0.6 is 0 Å². The van der Waals surface area contributed by atoms with Crippen molar-refractivity contribution in [3.8, 4) is 11.1 Å².